The van der Waals surface area contributed by atoms with E-state index in [-0.39, 0.29) is 11.4 Å². The number of anilines is 1. The van der Waals surface area contributed by atoms with Gasteiger partial charge in [-0.15, -0.1) is 0 Å². The number of carbonyl (C=O) groups excluding carboxylic acids is 1. The summed E-state index contributed by atoms with van der Waals surface area (Å²) in [6.45, 7) is 0. The van der Waals surface area contributed by atoms with Crippen LogP contribution in [0.15, 0.2) is 47.3 Å². The van der Waals surface area contributed by atoms with Gasteiger partial charge in [0.2, 0.25) is 0 Å². The van der Waals surface area contributed by atoms with Gasteiger partial charge in [0.15, 0.2) is 5.69 Å². The molecule has 0 atom stereocenters. The first-order valence-corrected chi connectivity index (χ1v) is 6.74. The largest absolute Gasteiger partial charge is 0.318 e. The highest BCUT2D eigenvalue weighted by Crippen LogP contribution is 2.20. The second-order valence-electron chi connectivity index (χ2n) is 4.16. The summed E-state index contributed by atoms with van der Waals surface area (Å²) < 4.78 is 15.5. The van der Waals surface area contributed by atoms with E-state index < -0.39 is 11.7 Å². The summed E-state index contributed by atoms with van der Waals surface area (Å²) in [7, 11) is 0. The third kappa shape index (κ3) is 2.70. The van der Waals surface area contributed by atoms with Crippen molar-refractivity contribution < 1.29 is 9.18 Å². The van der Waals surface area contributed by atoms with Crippen LogP contribution in [0.3, 0.4) is 0 Å². The number of hydrogen-bond acceptors (Lipinski definition) is 3. The molecule has 0 fully saturated rings. The van der Waals surface area contributed by atoms with Gasteiger partial charge in [0, 0.05) is 12.4 Å². The molecule has 0 saturated heterocycles. The molecule has 1 amide bonds. The summed E-state index contributed by atoms with van der Waals surface area (Å²) in [5.74, 6) is -0.840. The molecule has 0 aliphatic rings. The molecule has 8 heteroatoms. The standard InChI is InChI=1S/C13H9BrFN5O/c14-9-7-20(11-4-2-1-3-10(11)15)19-12(9)13(21)18-8-5-16-17-6-8/h1-7H,(H,16,17)(H,18,21). The summed E-state index contributed by atoms with van der Waals surface area (Å²) in [5.41, 5.74) is 0.937. The maximum Gasteiger partial charge on any atom is 0.277 e. The number of hydrogen-bond donors (Lipinski definition) is 2. The van der Waals surface area contributed by atoms with Gasteiger partial charge in [-0.1, -0.05) is 12.1 Å². The van der Waals surface area contributed by atoms with E-state index in [1.165, 1.54) is 23.1 Å². The molecular formula is C13H9BrFN5O. The Balaban J connectivity index is 1.91. The molecule has 6 nitrogen and oxygen atoms in total. The van der Waals surface area contributed by atoms with Gasteiger partial charge in [-0.05, 0) is 28.1 Å². The van der Waals surface area contributed by atoms with Crippen LogP contribution in [0.2, 0.25) is 0 Å². The highest BCUT2D eigenvalue weighted by atomic mass is 79.9. The quantitative estimate of drug-likeness (QED) is 0.763. The molecule has 1 aromatic carbocycles. The lowest BCUT2D eigenvalue weighted by Gasteiger charge is -2.02. The zero-order valence-corrected chi connectivity index (χ0v) is 12.1. The molecule has 0 bridgehead atoms. The van der Waals surface area contributed by atoms with E-state index >= 15 is 0 Å². The number of H-pyrrole nitrogens is 1. The Bertz CT molecular complexity index is 784. The Kier molecular flexibility index (Phi) is 3.53. The first-order valence-electron chi connectivity index (χ1n) is 5.95. The molecule has 0 aliphatic carbocycles. The van der Waals surface area contributed by atoms with Crippen molar-refractivity contribution in [3.05, 3.63) is 58.8 Å². The molecule has 3 aromatic rings. The van der Waals surface area contributed by atoms with Crippen LogP contribution in [0, 0.1) is 5.82 Å². The fourth-order valence-corrected chi connectivity index (χ4v) is 2.23. The molecule has 0 saturated carbocycles. The minimum atomic E-state index is -0.422. The molecule has 2 heterocycles. The number of nitrogens with zero attached hydrogens (tertiary/aromatic N) is 3. The Morgan fingerprint density at radius 1 is 1.38 bits per heavy atom. The van der Waals surface area contributed by atoms with Crippen molar-refractivity contribution in [2.24, 2.45) is 0 Å². The fourth-order valence-electron chi connectivity index (χ4n) is 1.78. The van der Waals surface area contributed by atoms with Crippen LogP contribution in [-0.4, -0.2) is 25.9 Å². The third-order valence-electron chi connectivity index (χ3n) is 2.74. The average Bonchev–Trinajstić information content (AvgIpc) is 3.09. The van der Waals surface area contributed by atoms with Gasteiger partial charge >= 0.3 is 0 Å². The number of amides is 1. The van der Waals surface area contributed by atoms with Crippen molar-refractivity contribution in [1.82, 2.24) is 20.0 Å². The smallest absolute Gasteiger partial charge is 0.277 e. The van der Waals surface area contributed by atoms with Gasteiger partial charge < -0.3 is 5.32 Å². The average molecular weight is 350 g/mol. The van der Waals surface area contributed by atoms with Crippen LogP contribution in [0.4, 0.5) is 10.1 Å². The molecular weight excluding hydrogens is 341 g/mol. The van der Waals surface area contributed by atoms with Crippen molar-refractivity contribution in [3.63, 3.8) is 0 Å². The van der Waals surface area contributed by atoms with Gasteiger partial charge in [-0.2, -0.15) is 10.2 Å². The first-order chi connectivity index (χ1) is 10.1. The number of nitrogens with one attached hydrogen (secondary N) is 2. The monoisotopic (exact) mass is 349 g/mol. The minimum Gasteiger partial charge on any atom is -0.318 e. The normalized spacial score (nSPS) is 10.6. The van der Waals surface area contributed by atoms with Crippen LogP contribution in [-0.2, 0) is 0 Å². The Morgan fingerprint density at radius 3 is 2.90 bits per heavy atom. The lowest BCUT2D eigenvalue weighted by atomic mass is 10.3. The fraction of sp³-hybridized carbons (Fsp3) is 0. The van der Waals surface area contributed by atoms with Gasteiger partial charge in [0.05, 0.1) is 16.4 Å². The second-order valence-corrected chi connectivity index (χ2v) is 5.02. The molecule has 2 N–H and O–H groups in total. The number of para-hydroxylation sites is 1. The lowest BCUT2D eigenvalue weighted by Crippen LogP contribution is -2.13. The molecule has 0 spiro atoms. The Morgan fingerprint density at radius 2 is 2.19 bits per heavy atom. The van der Waals surface area contributed by atoms with Crippen molar-refractivity contribution in [2.75, 3.05) is 5.32 Å². The number of benzene rings is 1. The molecule has 3 rings (SSSR count). The molecule has 0 aliphatic heterocycles. The maximum absolute atomic E-state index is 13.7. The third-order valence-corrected chi connectivity index (χ3v) is 3.32. The van der Waals surface area contributed by atoms with Crippen molar-refractivity contribution in [3.8, 4) is 5.69 Å². The van der Waals surface area contributed by atoms with Gasteiger partial charge in [-0.25, -0.2) is 9.07 Å². The van der Waals surface area contributed by atoms with Crippen molar-refractivity contribution in [1.29, 1.82) is 0 Å². The first kappa shape index (κ1) is 13.5. The zero-order chi connectivity index (χ0) is 14.8. The van der Waals surface area contributed by atoms with Crippen molar-refractivity contribution in [2.45, 2.75) is 0 Å². The summed E-state index contributed by atoms with van der Waals surface area (Å²) >= 11 is 3.25. The van der Waals surface area contributed by atoms with E-state index in [1.54, 1.807) is 24.4 Å². The number of aromatic nitrogens is 4. The summed E-state index contributed by atoms with van der Waals surface area (Å²) in [6.07, 6.45) is 4.54. The minimum absolute atomic E-state index is 0.152. The zero-order valence-electron chi connectivity index (χ0n) is 10.5. The molecule has 0 radical (unpaired) electrons. The van der Waals surface area contributed by atoms with Crippen LogP contribution in [0.25, 0.3) is 5.69 Å². The van der Waals surface area contributed by atoms with E-state index in [0.717, 1.165) is 0 Å². The number of carbonyl (C=O) groups is 1. The predicted octanol–water partition coefficient (Wildman–Crippen LogP) is 2.75. The van der Waals surface area contributed by atoms with Crippen LogP contribution in [0.5, 0.6) is 0 Å². The molecule has 106 valence electrons. The van der Waals surface area contributed by atoms with Crippen LogP contribution < -0.4 is 5.32 Å². The Labute approximate surface area is 127 Å². The highest BCUT2D eigenvalue weighted by molar-refractivity contribution is 9.10. The van der Waals surface area contributed by atoms with E-state index in [0.29, 0.717) is 10.2 Å². The van der Waals surface area contributed by atoms with Gasteiger partial charge in [-0.3, -0.25) is 9.89 Å². The van der Waals surface area contributed by atoms with Gasteiger partial charge in [0.1, 0.15) is 11.5 Å². The van der Waals surface area contributed by atoms with Gasteiger partial charge in [0.25, 0.3) is 5.91 Å². The topological polar surface area (TPSA) is 75.6 Å². The van der Waals surface area contributed by atoms with E-state index in [9.17, 15) is 9.18 Å². The molecule has 2 aromatic heterocycles. The van der Waals surface area contributed by atoms with Crippen LogP contribution in [0.1, 0.15) is 10.5 Å². The van der Waals surface area contributed by atoms with E-state index in [1.807, 2.05) is 0 Å². The number of halogens is 2. The SMILES string of the molecule is O=C(Nc1cn[nH]c1)c1nn(-c2ccccc2F)cc1Br. The number of aromatic amines is 1. The maximum atomic E-state index is 13.7. The number of rotatable bonds is 3. The molecule has 21 heavy (non-hydrogen) atoms. The highest BCUT2D eigenvalue weighted by Gasteiger charge is 2.17. The van der Waals surface area contributed by atoms with E-state index in [4.69, 9.17) is 0 Å². The second kappa shape index (κ2) is 5.49. The summed E-state index contributed by atoms with van der Waals surface area (Å²) in [4.78, 5) is 12.1. The lowest BCUT2D eigenvalue weighted by molar-refractivity contribution is 0.102. The Hall–Kier alpha value is -2.48. The van der Waals surface area contributed by atoms with Crippen LogP contribution >= 0.6 is 15.9 Å². The summed E-state index contributed by atoms with van der Waals surface area (Å²) in [5, 5.41) is 13.1. The summed E-state index contributed by atoms with van der Waals surface area (Å²) in [6, 6.07) is 6.19. The van der Waals surface area contributed by atoms with E-state index in [2.05, 4.69) is 36.5 Å². The predicted molar refractivity (Wildman–Crippen MR) is 77.8 cm³/mol. The molecule has 0 unspecified atom stereocenters. The van der Waals surface area contributed by atoms with Crippen molar-refractivity contribution >= 4 is 27.5 Å².